The fourth-order valence-electron chi connectivity index (χ4n) is 1.35. The van der Waals surface area contributed by atoms with Gasteiger partial charge in [-0.05, 0) is 24.3 Å². The summed E-state index contributed by atoms with van der Waals surface area (Å²) >= 11 is 0. The first-order chi connectivity index (χ1) is 9.77. The zero-order valence-corrected chi connectivity index (χ0v) is 10.0. The number of halogens is 3. The summed E-state index contributed by atoms with van der Waals surface area (Å²) in [6.45, 7) is 0. The Balaban J connectivity index is 2.20. The summed E-state index contributed by atoms with van der Waals surface area (Å²) in [7, 11) is 0. The largest absolute Gasteiger partial charge is 0.471 e. The molecule has 110 valence electrons. The van der Waals surface area contributed by atoms with E-state index in [0.717, 1.165) is 0 Å². The van der Waals surface area contributed by atoms with Crippen LogP contribution >= 0.6 is 0 Å². The number of alkyl halides is 3. The van der Waals surface area contributed by atoms with Crippen molar-refractivity contribution in [2.24, 2.45) is 5.73 Å². The molecule has 0 atom stereocenters. The van der Waals surface area contributed by atoms with E-state index < -0.39 is 29.8 Å². The SMILES string of the molecule is NC(=O)Oc1ccc(C(=O)c2noc(C(F)(F)F)n2)cc1. The van der Waals surface area contributed by atoms with Crippen molar-refractivity contribution in [3.05, 3.63) is 41.5 Å². The van der Waals surface area contributed by atoms with Crippen molar-refractivity contribution in [2.75, 3.05) is 0 Å². The number of amides is 1. The van der Waals surface area contributed by atoms with Crippen LogP contribution in [0.4, 0.5) is 18.0 Å². The first kappa shape index (κ1) is 14.5. The smallest absolute Gasteiger partial charge is 0.411 e. The van der Waals surface area contributed by atoms with Crippen molar-refractivity contribution in [1.29, 1.82) is 0 Å². The highest BCUT2D eigenvalue weighted by Crippen LogP contribution is 2.27. The molecular formula is C11H6F3N3O4. The summed E-state index contributed by atoms with van der Waals surface area (Å²) in [6.07, 6.45) is -5.87. The number of hydrogen-bond acceptors (Lipinski definition) is 6. The van der Waals surface area contributed by atoms with Crippen LogP contribution in [0.1, 0.15) is 22.1 Å². The van der Waals surface area contributed by atoms with Gasteiger partial charge in [-0.15, -0.1) is 0 Å². The Labute approximate surface area is 114 Å². The number of aromatic nitrogens is 2. The topological polar surface area (TPSA) is 108 Å². The molecule has 0 bridgehead atoms. The van der Waals surface area contributed by atoms with Crippen molar-refractivity contribution in [3.8, 4) is 5.75 Å². The lowest BCUT2D eigenvalue weighted by atomic mass is 10.1. The maximum absolute atomic E-state index is 12.3. The Bertz CT molecular complexity index is 679. The Morgan fingerprint density at radius 3 is 2.29 bits per heavy atom. The minimum absolute atomic E-state index is 0.0126. The fourth-order valence-corrected chi connectivity index (χ4v) is 1.35. The van der Waals surface area contributed by atoms with Gasteiger partial charge in [0, 0.05) is 5.56 Å². The van der Waals surface area contributed by atoms with Gasteiger partial charge in [0.25, 0.3) is 0 Å². The van der Waals surface area contributed by atoms with E-state index in [1.54, 1.807) is 0 Å². The van der Waals surface area contributed by atoms with Crippen molar-refractivity contribution in [2.45, 2.75) is 6.18 Å². The molecule has 21 heavy (non-hydrogen) atoms. The first-order valence-electron chi connectivity index (χ1n) is 5.30. The third-order valence-corrected chi connectivity index (χ3v) is 2.21. The molecule has 10 heteroatoms. The molecule has 0 fully saturated rings. The number of benzene rings is 1. The molecule has 0 unspecified atom stereocenters. The Morgan fingerprint density at radius 2 is 1.81 bits per heavy atom. The Kier molecular flexibility index (Phi) is 3.61. The van der Waals surface area contributed by atoms with Crippen LogP contribution in [0.5, 0.6) is 5.75 Å². The molecule has 0 aliphatic carbocycles. The highest BCUT2D eigenvalue weighted by atomic mass is 19.4. The summed E-state index contributed by atoms with van der Waals surface area (Å²) < 4.78 is 45.3. The van der Waals surface area contributed by atoms with Gasteiger partial charge in [-0.1, -0.05) is 5.16 Å². The van der Waals surface area contributed by atoms with Crippen LogP contribution in [0, 0.1) is 0 Å². The van der Waals surface area contributed by atoms with E-state index in [2.05, 4.69) is 19.4 Å². The van der Waals surface area contributed by atoms with Crippen LogP contribution in [0.15, 0.2) is 28.8 Å². The predicted molar refractivity (Wildman–Crippen MR) is 59.4 cm³/mol. The van der Waals surface area contributed by atoms with E-state index in [0.29, 0.717) is 0 Å². The van der Waals surface area contributed by atoms with Crippen LogP contribution < -0.4 is 10.5 Å². The van der Waals surface area contributed by atoms with Gasteiger partial charge in [0.2, 0.25) is 11.6 Å². The van der Waals surface area contributed by atoms with Crippen molar-refractivity contribution >= 4 is 11.9 Å². The highest BCUT2D eigenvalue weighted by Gasteiger charge is 2.39. The van der Waals surface area contributed by atoms with Crippen molar-refractivity contribution in [1.82, 2.24) is 10.1 Å². The maximum Gasteiger partial charge on any atom is 0.471 e. The quantitative estimate of drug-likeness (QED) is 0.865. The number of carbonyl (C=O) groups excluding carboxylic acids is 2. The van der Waals surface area contributed by atoms with Crippen LogP contribution in [0.3, 0.4) is 0 Å². The van der Waals surface area contributed by atoms with Gasteiger partial charge < -0.3 is 15.0 Å². The number of primary amides is 1. The molecule has 2 N–H and O–H groups in total. The standard InChI is InChI=1S/C11H6F3N3O4/c12-11(13,14)9-16-8(17-21-9)7(18)5-1-3-6(4-2-5)20-10(15)19/h1-4H,(H2,15,19). The van der Waals surface area contributed by atoms with Crippen LogP contribution in [-0.4, -0.2) is 22.0 Å². The number of nitrogens with two attached hydrogens (primary N) is 1. The zero-order valence-electron chi connectivity index (χ0n) is 10.0. The lowest BCUT2D eigenvalue weighted by molar-refractivity contribution is -0.159. The molecule has 0 aliphatic heterocycles. The summed E-state index contributed by atoms with van der Waals surface area (Å²) in [5.41, 5.74) is 4.78. The van der Waals surface area contributed by atoms with Crippen molar-refractivity contribution in [3.63, 3.8) is 0 Å². The van der Waals surface area contributed by atoms with E-state index in [1.165, 1.54) is 24.3 Å². The lowest BCUT2D eigenvalue weighted by Crippen LogP contribution is -2.16. The zero-order chi connectivity index (χ0) is 15.6. The van der Waals surface area contributed by atoms with Gasteiger partial charge in [-0.3, -0.25) is 4.79 Å². The lowest BCUT2D eigenvalue weighted by Gasteiger charge is -2.01. The second-order valence-electron chi connectivity index (χ2n) is 3.70. The van der Waals surface area contributed by atoms with Gasteiger partial charge in [0.05, 0.1) is 0 Å². The molecule has 0 spiro atoms. The average molecular weight is 301 g/mol. The van der Waals surface area contributed by atoms with Crippen LogP contribution in [0.25, 0.3) is 0 Å². The highest BCUT2D eigenvalue weighted by molar-refractivity contribution is 6.06. The minimum Gasteiger partial charge on any atom is -0.411 e. The fraction of sp³-hybridized carbons (Fsp3) is 0.0909. The van der Waals surface area contributed by atoms with Gasteiger partial charge in [0.1, 0.15) is 5.75 Å². The molecule has 1 heterocycles. The van der Waals surface area contributed by atoms with Crippen molar-refractivity contribution < 1.29 is 32.0 Å². The number of carbonyl (C=O) groups is 2. The molecular weight excluding hydrogens is 295 g/mol. The maximum atomic E-state index is 12.3. The predicted octanol–water partition coefficient (Wildman–Crippen LogP) is 1.78. The number of ether oxygens (including phenoxy) is 1. The molecule has 7 nitrogen and oxygen atoms in total. The molecule has 2 rings (SSSR count). The molecule has 0 aliphatic rings. The van der Waals surface area contributed by atoms with E-state index in [1.807, 2.05) is 0 Å². The number of hydrogen-bond donors (Lipinski definition) is 1. The third kappa shape index (κ3) is 3.35. The summed E-state index contributed by atoms with van der Waals surface area (Å²) in [4.78, 5) is 25.3. The number of ketones is 1. The summed E-state index contributed by atoms with van der Waals surface area (Å²) in [6, 6.07) is 4.90. The normalized spacial score (nSPS) is 11.2. The molecule has 1 aromatic carbocycles. The summed E-state index contributed by atoms with van der Waals surface area (Å²) in [5, 5.41) is 2.97. The second kappa shape index (κ2) is 5.23. The van der Waals surface area contributed by atoms with Gasteiger partial charge in [-0.2, -0.15) is 18.2 Å². The Morgan fingerprint density at radius 1 is 1.19 bits per heavy atom. The monoisotopic (exact) mass is 301 g/mol. The van der Waals surface area contributed by atoms with E-state index >= 15 is 0 Å². The number of rotatable bonds is 3. The third-order valence-electron chi connectivity index (χ3n) is 2.21. The van der Waals surface area contributed by atoms with Gasteiger partial charge in [0.15, 0.2) is 0 Å². The molecule has 0 saturated heterocycles. The molecule has 0 radical (unpaired) electrons. The molecule has 0 saturated carbocycles. The average Bonchev–Trinajstić information content (AvgIpc) is 2.87. The van der Waals surface area contributed by atoms with E-state index in [-0.39, 0.29) is 11.3 Å². The molecule has 1 aromatic heterocycles. The van der Waals surface area contributed by atoms with Gasteiger partial charge in [-0.25, -0.2) is 4.79 Å². The minimum atomic E-state index is -4.83. The van der Waals surface area contributed by atoms with E-state index in [9.17, 15) is 22.8 Å². The molecule has 2 aromatic rings. The molecule has 1 amide bonds. The first-order valence-corrected chi connectivity index (χ1v) is 5.30. The van der Waals surface area contributed by atoms with E-state index in [4.69, 9.17) is 5.73 Å². The van der Waals surface area contributed by atoms with Crippen LogP contribution in [0.2, 0.25) is 0 Å². The van der Waals surface area contributed by atoms with Crippen LogP contribution in [-0.2, 0) is 6.18 Å². The Hall–Kier alpha value is -2.91. The van der Waals surface area contributed by atoms with Gasteiger partial charge >= 0.3 is 18.2 Å². The summed E-state index contributed by atoms with van der Waals surface area (Å²) in [5.74, 6) is -3.14. The second-order valence-corrected chi connectivity index (χ2v) is 3.70. The number of nitrogens with zero attached hydrogens (tertiary/aromatic N) is 2.